The number of aryl methyl sites for hydroxylation is 2. The smallest absolute Gasteiger partial charge is 0.243 e. The molecule has 0 aliphatic rings. The van der Waals surface area contributed by atoms with Gasteiger partial charge in [0.05, 0.1) is 6.21 Å². The number of amides is 3. The largest absolute Gasteiger partial charge is 0.350 e. The van der Waals surface area contributed by atoms with Crippen LogP contribution in [-0.2, 0) is 32.1 Å². The van der Waals surface area contributed by atoms with Crippen LogP contribution in [0.25, 0.3) is 0 Å². The van der Waals surface area contributed by atoms with Crippen molar-refractivity contribution in [2.45, 2.75) is 58.7 Å². The zero-order valence-corrected chi connectivity index (χ0v) is 19.8. The highest BCUT2D eigenvalue weighted by atomic mass is 16.2. The molecule has 3 amide bonds. The van der Waals surface area contributed by atoms with Crippen molar-refractivity contribution in [3.8, 4) is 0 Å². The van der Waals surface area contributed by atoms with Gasteiger partial charge >= 0.3 is 0 Å². The molecule has 2 rings (SSSR count). The second-order valence-electron chi connectivity index (χ2n) is 8.30. The summed E-state index contributed by atoms with van der Waals surface area (Å²) < 4.78 is 0. The standard InChI is InChI=1S/C26H32N4O4/c1-17-8-10-20(11-9-17)16-28-25(33)23(13-12-22(32)15-27)30-26(34)24(29-19(3)31)14-21-7-5-4-6-18(21)2/h4-11,15,23-24,27H,12-14,16H2,1-3H3,(H,28,33)(H,29,31)(H,30,34)/t23-,24-/m0/s1. The molecular formula is C26H32N4O4. The van der Waals surface area contributed by atoms with Gasteiger partial charge in [-0.1, -0.05) is 54.1 Å². The first kappa shape index (κ1) is 26.4. The molecule has 0 spiro atoms. The number of benzene rings is 2. The van der Waals surface area contributed by atoms with E-state index in [1.54, 1.807) is 0 Å². The SMILES string of the molecule is CC(=O)N[C@@H](Cc1ccccc1C)C(=O)N[C@@H](CCC(=O)C=N)C(=O)NCc1ccc(C)cc1. The molecule has 180 valence electrons. The summed E-state index contributed by atoms with van der Waals surface area (Å²) in [6.07, 6.45) is 0.933. The van der Waals surface area contributed by atoms with Gasteiger partial charge < -0.3 is 21.4 Å². The minimum absolute atomic E-state index is 0.0385. The van der Waals surface area contributed by atoms with Gasteiger partial charge in [-0.05, 0) is 37.0 Å². The van der Waals surface area contributed by atoms with Crippen molar-refractivity contribution in [2.24, 2.45) is 0 Å². The molecule has 0 fully saturated rings. The lowest BCUT2D eigenvalue weighted by atomic mass is 10.00. The molecule has 0 saturated heterocycles. The van der Waals surface area contributed by atoms with E-state index in [9.17, 15) is 19.2 Å². The van der Waals surface area contributed by atoms with E-state index < -0.39 is 29.7 Å². The number of carbonyl (C=O) groups is 4. The molecule has 2 aromatic carbocycles. The number of rotatable bonds is 12. The molecular weight excluding hydrogens is 432 g/mol. The van der Waals surface area contributed by atoms with Gasteiger partial charge in [-0.25, -0.2) is 0 Å². The van der Waals surface area contributed by atoms with Crippen molar-refractivity contribution in [3.63, 3.8) is 0 Å². The van der Waals surface area contributed by atoms with Crippen LogP contribution in [0, 0.1) is 19.3 Å². The van der Waals surface area contributed by atoms with Crippen LogP contribution < -0.4 is 16.0 Å². The first-order valence-electron chi connectivity index (χ1n) is 11.2. The predicted octanol–water partition coefficient (Wildman–Crippen LogP) is 2.15. The molecule has 0 aromatic heterocycles. The molecule has 0 aliphatic carbocycles. The average molecular weight is 465 g/mol. The molecule has 2 aromatic rings. The number of carbonyl (C=O) groups excluding carboxylic acids is 4. The third-order valence-electron chi connectivity index (χ3n) is 5.44. The summed E-state index contributed by atoms with van der Waals surface area (Å²) in [6, 6.07) is 13.3. The Morgan fingerprint density at radius 3 is 2.21 bits per heavy atom. The van der Waals surface area contributed by atoms with E-state index in [2.05, 4.69) is 16.0 Å². The Kier molecular flexibility index (Phi) is 10.1. The number of nitrogens with one attached hydrogen (secondary N) is 4. The topological polar surface area (TPSA) is 128 Å². The van der Waals surface area contributed by atoms with Gasteiger partial charge in [0.15, 0.2) is 5.78 Å². The third-order valence-corrected chi connectivity index (χ3v) is 5.44. The Morgan fingerprint density at radius 2 is 1.59 bits per heavy atom. The zero-order valence-electron chi connectivity index (χ0n) is 19.8. The van der Waals surface area contributed by atoms with E-state index >= 15 is 0 Å². The van der Waals surface area contributed by atoms with Crippen LogP contribution >= 0.6 is 0 Å². The van der Waals surface area contributed by atoms with Crippen LogP contribution in [0.5, 0.6) is 0 Å². The Bertz CT molecular complexity index is 1030. The van der Waals surface area contributed by atoms with Crippen molar-refractivity contribution in [3.05, 3.63) is 70.8 Å². The van der Waals surface area contributed by atoms with Crippen LogP contribution in [0.4, 0.5) is 0 Å². The summed E-state index contributed by atoms with van der Waals surface area (Å²) in [7, 11) is 0. The first-order valence-corrected chi connectivity index (χ1v) is 11.2. The normalized spacial score (nSPS) is 12.2. The lowest BCUT2D eigenvalue weighted by Gasteiger charge is -2.23. The van der Waals surface area contributed by atoms with E-state index in [1.165, 1.54) is 6.92 Å². The van der Waals surface area contributed by atoms with Gasteiger partial charge in [-0.15, -0.1) is 0 Å². The van der Waals surface area contributed by atoms with E-state index in [0.29, 0.717) is 6.21 Å². The quantitative estimate of drug-likeness (QED) is 0.359. The minimum Gasteiger partial charge on any atom is -0.350 e. The first-order chi connectivity index (χ1) is 16.2. The van der Waals surface area contributed by atoms with Crippen LogP contribution in [0.1, 0.15) is 42.0 Å². The molecule has 8 nitrogen and oxygen atoms in total. The van der Waals surface area contributed by atoms with Crippen molar-refractivity contribution >= 4 is 29.7 Å². The highest BCUT2D eigenvalue weighted by Crippen LogP contribution is 2.11. The molecule has 0 unspecified atom stereocenters. The van der Waals surface area contributed by atoms with Gasteiger partial charge in [-0.3, -0.25) is 19.2 Å². The van der Waals surface area contributed by atoms with Crippen LogP contribution in [0.2, 0.25) is 0 Å². The number of Topliss-reactive ketones (excluding diaryl/α,β-unsaturated/α-hetero) is 1. The Labute approximate surface area is 200 Å². The van der Waals surface area contributed by atoms with E-state index in [0.717, 1.165) is 22.3 Å². The third kappa shape index (κ3) is 8.61. The number of hydrogen-bond donors (Lipinski definition) is 4. The highest BCUT2D eigenvalue weighted by molar-refractivity contribution is 6.26. The van der Waals surface area contributed by atoms with Crippen LogP contribution in [0.3, 0.4) is 0 Å². The second-order valence-corrected chi connectivity index (χ2v) is 8.30. The summed E-state index contributed by atoms with van der Waals surface area (Å²) in [5, 5.41) is 15.2. The molecule has 0 aliphatic heterocycles. The summed E-state index contributed by atoms with van der Waals surface area (Å²) in [5.41, 5.74) is 3.88. The lowest BCUT2D eigenvalue weighted by molar-refractivity contribution is -0.132. The fourth-order valence-electron chi connectivity index (χ4n) is 3.43. The monoisotopic (exact) mass is 464 g/mol. The zero-order chi connectivity index (χ0) is 25.1. The maximum atomic E-state index is 13.1. The van der Waals surface area contributed by atoms with Crippen molar-refractivity contribution in [1.82, 2.24) is 16.0 Å². The molecule has 2 atom stereocenters. The molecule has 4 N–H and O–H groups in total. The molecule has 0 bridgehead atoms. The van der Waals surface area contributed by atoms with Gasteiger partial charge in [0, 0.05) is 26.3 Å². The van der Waals surface area contributed by atoms with Crippen molar-refractivity contribution < 1.29 is 19.2 Å². The van der Waals surface area contributed by atoms with E-state index in [4.69, 9.17) is 5.41 Å². The fraction of sp³-hybridized carbons (Fsp3) is 0.346. The predicted molar refractivity (Wildman–Crippen MR) is 130 cm³/mol. The van der Waals surface area contributed by atoms with Crippen LogP contribution in [0.15, 0.2) is 48.5 Å². The molecule has 34 heavy (non-hydrogen) atoms. The Morgan fingerprint density at radius 1 is 0.912 bits per heavy atom. The molecule has 0 heterocycles. The Hall–Kier alpha value is -3.81. The average Bonchev–Trinajstić information content (AvgIpc) is 2.81. The van der Waals surface area contributed by atoms with Gasteiger partial charge in [0.2, 0.25) is 17.7 Å². The maximum Gasteiger partial charge on any atom is 0.243 e. The minimum atomic E-state index is -0.991. The summed E-state index contributed by atoms with van der Waals surface area (Å²) >= 11 is 0. The molecule has 8 heteroatoms. The lowest BCUT2D eigenvalue weighted by Crippen LogP contribution is -2.54. The highest BCUT2D eigenvalue weighted by Gasteiger charge is 2.27. The van der Waals surface area contributed by atoms with E-state index in [-0.39, 0.29) is 31.7 Å². The number of ketones is 1. The van der Waals surface area contributed by atoms with Gasteiger partial charge in [0.1, 0.15) is 12.1 Å². The molecule has 0 saturated carbocycles. The summed E-state index contributed by atoms with van der Waals surface area (Å²) in [6.45, 7) is 5.48. The van der Waals surface area contributed by atoms with Crippen molar-refractivity contribution in [1.29, 1.82) is 5.41 Å². The number of hydrogen-bond acceptors (Lipinski definition) is 5. The second kappa shape index (κ2) is 13.0. The van der Waals surface area contributed by atoms with E-state index in [1.807, 2.05) is 62.4 Å². The van der Waals surface area contributed by atoms with Gasteiger partial charge in [0.25, 0.3) is 0 Å². The van der Waals surface area contributed by atoms with Crippen LogP contribution in [-0.4, -0.2) is 41.8 Å². The Balaban J connectivity index is 2.14. The summed E-state index contributed by atoms with van der Waals surface area (Å²) in [4.78, 5) is 49.4. The van der Waals surface area contributed by atoms with Crippen molar-refractivity contribution in [2.75, 3.05) is 0 Å². The fourth-order valence-corrected chi connectivity index (χ4v) is 3.43. The van der Waals surface area contributed by atoms with Gasteiger partial charge in [-0.2, -0.15) is 0 Å². The summed E-state index contributed by atoms with van der Waals surface area (Å²) in [5.74, 6) is -1.77. The molecule has 0 radical (unpaired) electrons. The maximum absolute atomic E-state index is 13.1.